The van der Waals surface area contributed by atoms with Gasteiger partial charge in [-0.2, -0.15) is 0 Å². The summed E-state index contributed by atoms with van der Waals surface area (Å²) in [5.41, 5.74) is 0. The fourth-order valence-corrected chi connectivity index (χ4v) is 7.58. The number of aliphatic hydroxyl groups is 1. The van der Waals surface area contributed by atoms with Gasteiger partial charge < -0.3 is 28.8 Å². The number of allylic oxidation sites excluding steroid dienone is 13. The third-order valence-corrected chi connectivity index (χ3v) is 11.8. The van der Waals surface area contributed by atoms with Crippen LogP contribution in [0.4, 0.5) is 0 Å². The zero-order valence-corrected chi connectivity index (χ0v) is 42.1. The summed E-state index contributed by atoms with van der Waals surface area (Å²) in [6.45, 7) is 4.51. The quantitative estimate of drug-likeness (QED) is 0.0273. The minimum Gasteiger partial charge on any atom is -0.756 e. The van der Waals surface area contributed by atoms with Crippen molar-refractivity contribution in [2.24, 2.45) is 0 Å². The third kappa shape index (κ3) is 47.5. The van der Waals surface area contributed by atoms with Crippen LogP contribution in [-0.2, 0) is 18.4 Å². The molecule has 0 spiro atoms. The van der Waals surface area contributed by atoms with Crippen LogP contribution < -0.4 is 10.2 Å². The molecule has 0 heterocycles. The molecule has 0 rings (SSSR count). The Kier molecular flexibility index (Phi) is 43.2. The molecule has 2 N–H and O–H groups in total. The molecule has 0 aliphatic carbocycles. The Morgan fingerprint density at radius 2 is 0.968 bits per heavy atom. The Morgan fingerprint density at radius 3 is 1.41 bits per heavy atom. The molecule has 3 atom stereocenters. The summed E-state index contributed by atoms with van der Waals surface area (Å²) in [7, 11) is 1.24. The van der Waals surface area contributed by atoms with Crippen molar-refractivity contribution in [1.82, 2.24) is 5.32 Å². The van der Waals surface area contributed by atoms with Crippen LogP contribution in [0.5, 0.6) is 0 Å². The largest absolute Gasteiger partial charge is 0.756 e. The lowest BCUT2D eigenvalue weighted by atomic mass is 10.0. The van der Waals surface area contributed by atoms with Crippen LogP contribution in [0.1, 0.15) is 200 Å². The first kappa shape index (κ1) is 60.7. The molecule has 0 aromatic rings. The van der Waals surface area contributed by atoms with Crippen molar-refractivity contribution in [1.29, 1.82) is 0 Å². The van der Waals surface area contributed by atoms with Gasteiger partial charge in [0.05, 0.1) is 39.9 Å². The first-order valence-corrected chi connectivity index (χ1v) is 26.9. The Labute approximate surface area is 388 Å². The standard InChI is InChI=1S/C54H97N2O6P/c1-6-8-10-12-14-16-18-20-22-23-24-25-26-27-28-29-30-31-32-33-34-36-38-40-42-44-46-48-54(58)55-52(51-62-63(59,60)61-50-49-56(3,4)5)53(57)47-45-43-41-39-37-35-21-19-17-15-13-11-9-7-2/h8,10,14,16,20,22,24-25,27-28,30-31,45,47,52-53,57H,6-7,9,11-13,15,17-19,21,23,26,29,32-44,46,48-51H2,1-5H3,(H-,55,58,59,60)/b10-8-,16-14-,22-20-,25-24-,28-27-,31-30-,47-45+. The fourth-order valence-electron chi connectivity index (χ4n) is 6.86. The second-order valence-corrected chi connectivity index (χ2v) is 19.6. The predicted molar refractivity (Wildman–Crippen MR) is 270 cm³/mol. The normalized spacial score (nSPS) is 14.8. The highest BCUT2D eigenvalue weighted by atomic mass is 31.2. The van der Waals surface area contributed by atoms with Crippen LogP contribution >= 0.6 is 7.82 Å². The summed E-state index contributed by atoms with van der Waals surface area (Å²) < 4.78 is 23.3. The van der Waals surface area contributed by atoms with Crippen molar-refractivity contribution in [3.8, 4) is 0 Å². The topological polar surface area (TPSA) is 108 Å². The number of rotatable bonds is 45. The van der Waals surface area contributed by atoms with Crippen LogP contribution in [0.3, 0.4) is 0 Å². The monoisotopic (exact) mass is 901 g/mol. The maximum Gasteiger partial charge on any atom is 0.268 e. The van der Waals surface area contributed by atoms with E-state index >= 15 is 0 Å². The van der Waals surface area contributed by atoms with Crippen LogP contribution in [0.2, 0.25) is 0 Å². The highest BCUT2D eigenvalue weighted by molar-refractivity contribution is 7.45. The average molecular weight is 901 g/mol. The number of likely N-dealkylation sites (N-methyl/N-ethyl adjacent to an activating group) is 1. The minimum absolute atomic E-state index is 0.00681. The minimum atomic E-state index is -4.60. The van der Waals surface area contributed by atoms with Gasteiger partial charge in [-0.25, -0.2) is 0 Å². The molecule has 0 aliphatic rings. The molecule has 364 valence electrons. The Morgan fingerprint density at radius 1 is 0.571 bits per heavy atom. The van der Waals surface area contributed by atoms with Gasteiger partial charge in [-0.05, 0) is 70.6 Å². The lowest BCUT2D eigenvalue weighted by molar-refractivity contribution is -0.870. The Bertz CT molecular complexity index is 1300. The number of nitrogens with one attached hydrogen (secondary N) is 1. The van der Waals surface area contributed by atoms with E-state index in [1.165, 1.54) is 89.9 Å². The van der Waals surface area contributed by atoms with E-state index < -0.39 is 20.0 Å². The number of hydrogen-bond donors (Lipinski definition) is 2. The summed E-state index contributed by atoms with van der Waals surface area (Å²) in [6.07, 6.45) is 62.0. The van der Waals surface area contributed by atoms with E-state index in [9.17, 15) is 19.4 Å². The molecule has 9 heteroatoms. The number of aliphatic hydroxyl groups excluding tert-OH is 1. The molecule has 0 radical (unpaired) electrons. The summed E-state index contributed by atoms with van der Waals surface area (Å²) in [5.74, 6) is -0.210. The lowest BCUT2D eigenvalue weighted by Gasteiger charge is -2.29. The number of amides is 1. The number of unbranched alkanes of at least 4 members (excludes halogenated alkanes) is 20. The molecule has 0 saturated carbocycles. The molecule has 0 aromatic heterocycles. The van der Waals surface area contributed by atoms with Crippen LogP contribution in [-0.4, -0.2) is 68.5 Å². The number of carbonyl (C=O) groups is 1. The van der Waals surface area contributed by atoms with Crippen molar-refractivity contribution < 1.29 is 32.9 Å². The van der Waals surface area contributed by atoms with E-state index in [1.54, 1.807) is 6.08 Å². The van der Waals surface area contributed by atoms with Crippen molar-refractivity contribution in [2.45, 2.75) is 212 Å². The van der Waals surface area contributed by atoms with Crippen molar-refractivity contribution in [3.05, 3.63) is 85.1 Å². The Hall–Kier alpha value is -2.32. The van der Waals surface area contributed by atoms with E-state index in [0.29, 0.717) is 17.4 Å². The Balaban J connectivity index is 4.29. The number of nitrogens with zero attached hydrogens (tertiary/aromatic N) is 1. The smallest absolute Gasteiger partial charge is 0.268 e. The molecule has 0 bridgehead atoms. The second-order valence-electron chi connectivity index (χ2n) is 18.1. The maximum atomic E-state index is 12.9. The summed E-state index contributed by atoms with van der Waals surface area (Å²) in [6, 6.07) is -0.895. The van der Waals surface area contributed by atoms with Gasteiger partial charge in [-0.3, -0.25) is 9.36 Å². The predicted octanol–water partition coefficient (Wildman–Crippen LogP) is 14.3. The van der Waals surface area contributed by atoms with Crippen molar-refractivity contribution >= 4 is 13.7 Å². The van der Waals surface area contributed by atoms with Crippen LogP contribution in [0.25, 0.3) is 0 Å². The first-order chi connectivity index (χ1) is 30.5. The second kappa shape index (κ2) is 44.9. The number of phosphoric acid groups is 1. The van der Waals surface area contributed by atoms with E-state index in [-0.39, 0.29) is 19.1 Å². The molecule has 0 saturated heterocycles. The van der Waals surface area contributed by atoms with Gasteiger partial charge in [0.2, 0.25) is 5.91 Å². The van der Waals surface area contributed by atoms with Gasteiger partial charge in [0.15, 0.2) is 0 Å². The highest BCUT2D eigenvalue weighted by Crippen LogP contribution is 2.38. The van der Waals surface area contributed by atoms with E-state index in [2.05, 4.69) is 92.1 Å². The number of hydrogen-bond acceptors (Lipinski definition) is 6. The summed E-state index contributed by atoms with van der Waals surface area (Å²) in [5, 5.41) is 13.8. The van der Waals surface area contributed by atoms with Gasteiger partial charge in [0.25, 0.3) is 7.82 Å². The molecular weight excluding hydrogens is 804 g/mol. The maximum absolute atomic E-state index is 12.9. The molecule has 0 fully saturated rings. The molecule has 0 aliphatic heterocycles. The van der Waals surface area contributed by atoms with E-state index in [4.69, 9.17) is 9.05 Å². The number of quaternary nitrogens is 1. The summed E-state index contributed by atoms with van der Waals surface area (Å²) >= 11 is 0. The van der Waals surface area contributed by atoms with Crippen molar-refractivity contribution in [3.63, 3.8) is 0 Å². The first-order valence-electron chi connectivity index (χ1n) is 25.4. The average Bonchev–Trinajstić information content (AvgIpc) is 3.24. The van der Waals surface area contributed by atoms with Gasteiger partial charge in [-0.1, -0.05) is 208 Å². The van der Waals surface area contributed by atoms with Gasteiger partial charge in [0.1, 0.15) is 13.2 Å². The van der Waals surface area contributed by atoms with Gasteiger partial charge >= 0.3 is 0 Å². The highest BCUT2D eigenvalue weighted by Gasteiger charge is 2.23. The van der Waals surface area contributed by atoms with Crippen LogP contribution in [0.15, 0.2) is 85.1 Å². The fraction of sp³-hybridized carbons (Fsp3) is 0.722. The lowest BCUT2D eigenvalue weighted by Crippen LogP contribution is -2.45. The third-order valence-electron chi connectivity index (χ3n) is 10.9. The number of carbonyl (C=O) groups excluding carboxylic acids is 1. The molecule has 3 unspecified atom stereocenters. The number of phosphoric ester groups is 1. The zero-order valence-electron chi connectivity index (χ0n) is 41.2. The SMILES string of the molecule is CC/C=C\C/C=C\C/C=C\C/C=C\C/C=C\C/C=C\CCCCCCCCCCC(=O)NC(COP(=O)([O-])OCC[N+](C)(C)C)C(O)/C=C/CCCCCCCCCCCCCC. The van der Waals surface area contributed by atoms with E-state index in [0.717, 1.165) is 89.9 Å². The molecular formula is C54H97N2O6P. The molecule has 63 heavy (non-hydrogen) atoms. The molecule has 8 nitrogen and oxygen atoms in total. The van der Waals surface area contributed by atoms with Gasteiger partial charge in [-0.15, -0.1) is 0 Å². The molecule has 0 aromatic carbocycles. The molecule has 1 amide bonds. The van der Waals surface area contributed by atoms with Crippen LogP contribution in [0, 0.1) is 0 Å². The van der Waals surface area contributed by atoms with Crippen molar-refractivity contribution in [2.75, 3.05) is 40.9 Å². The van der Waals surface area contributed by atoms with E-state index in [1.807, 2.05) is 27.2 Å². The zero-order chi connectivity index (χ0) is 46.4. The van der Waals surface area contributed by atoms with Gasteiger partial charge in [0, 0.05) is 6.42 Å². The summed E-state index contributed by atoms with van der Waals surface area (Å²) in [4.78, 5) is 25.4.